The number of benzene rings is 1. The molecule has 0 saturated heterocycles. The molecule has 0 amide bonds. The van der Waals surface area contributed by atoms with Crippen LogP contribution in [-0.4, -0.2) is 48.0 Å². The maximum Gasteiger partial charge on any atom is 0.401 e. The lowest BCUT2D eigenvalue weighted by atomic mass is 10.1. The van der Waals surface area contributed by atoms with Crippen molar-refractivity contribution in [3.8, 4) is 5.75 Å². The number of nitrogens with zero attached hydrogens (tertiary/aromatic N) is 1. The molecule has 0 atom stereocenters. The zero-order valence-corrected chi connectivity index (χ0v) is 12.3. The van der Waals surface area contributed by atoms with Gasteiger partial charge in [-0.1, -0.05) is 12.2 Å². The van der Waals surface area contributed by atoms with E-state index in [1.54, 1.807) is 18.2 Å². The summed E-state index contributed by atoms with van der Waals surface area (Å²) in [5, 5.41) is 8.90. The molecule has 0 aromatic heterocycles. The van der Waals surface area contributed by atoms with E-state index in [2.05, 4.69) is 0 Å². The van der Waals surface area contributed by atoms with Crippen LogP contribution in [0.1, 0.15) is 11.1 Å². The average Bonchev–Trinajstić information content (AvgIpc) is 2.36. The van der Waals surface area contributed by atoms with Crippen LogP contribution in [0, 0.1) is 0 Å². The van der Waals surface area contributed by atoms with E-state index in [0.29, 0.717) is 16.9 Å². The number of aliphatic hydroxyl groups is 1. The van der Waals surface area contributed by atoms with Gasteiger partial charge in [-0.15, -0.1) is 0 Å². The molecule has 21 heavy (non-hydrogen) atoms. The first kappa shape index (κ1) is 17.7. The second-order valence-corrected chi connectivity index (χ2v) is 4.88. The summed E-state index contributed by atoms with van der Waals surface area (Å²) in [7, 11) is 1.43. The van der Waals surface area contributed by atoms with Crippen molar-refractivity contribution in [3.63, 3.8) is 0 Å². The quantitative estimate of drug-likeness (QED) is 0.748. The third-order valence-corrected chi connectivity index (χ3v) is 3.01. The number of halogens is 3. The Morgan fingerprint density at radius 3 is 2.57 bits per heavy atom. The van der Waals surface area contributed by atoms with Crippen LogP contribution >= 0.6 is 12.2 Å². The number of hydrogen-bond donors (Lipinski definition) is 2. The number of nitrogens with two attached hydrogens (primary N) is 1. The zero-order valence-electron chi connectivity index (χ0n) is 11.5. The number of methoxy groups -OCH3 is 1. The molecule has 0 aliphatic carbocycles. The molecular formula is C13H17F3N2O2S. The van der Waals surface area contributed by atoms with E-state index in [9.17, 15) is 13.2 Å². The smallest absolute Gasteiger partial charge is 0.401 e. The lowest BCUT2D eigenvalue weighted by Crippen LogP contribution is -2.35. The molecule has 8 heteroatoms. The molecule has 0 heterocycles. The van der Waals surface area contributed by atoms with E-state index >= 15 is 0 Å². The number of aliphatic hydroxyl groups excluding tert-OH is 1. The minimum Gasteiger partial charge on any atom is -0.496 e. The van der Waals surface area contributed by atoms with Crippen LogP contribution in [0.4, 0.5) is 13.2 Å². The SMILES string of the molecule is COc1ccc(C(N)=S)cc1CN(CCO)CC(F)(F)F. The van der Waals surface area contributed by atoms with Crippen LogP contribution in [-0.2, 0) is 6.54 Å². The van der Waals surface area contributed by atoms with Gasteiger partial charge in [-0.3, -0.25) is 4.90 Å². The Bertz CT molecular complexity index is 495. The highest BCUT2D eigenvalue weighted by atomic mass is 32.1. The van der Waals surface area contributed by atoms with Gasteiger partial charge in [0.1, 0.15) is 10.7 Å². The first-order chi connectivity index (χ1) is 9.76. The van der Waals surface area contributed by atoms with Gasteiger partial charge in [0.15, 0.2) is 0 Å². The number of ether oxygens (including phenoxy) is 1. The minimum atomic E-state index is -4.34. The number of hydrogen-bond acceptors (Lipinski definition) is 4. The third kappa shape index (κ3) is 5.86. The average molecular weight is 322 g/mol. The summed E-state index contributed by atoms with van der Waals surface area (Å²) in [4.78, 5) is 1.24. The van der Waals surface area contributed by atoms with E-state index < -0.39 is 12.7 Å². The number of rotatable bonds is 7. The Kier molecular flexibility index (Phi) is 6.38. The summed E-state index contributed by atoms with van der Waals surface area (Å²) in [5.74, 6) is 0.445. The second kappa shape index (κ2) is 7.58. The fraction of sp³-hybridized carbons (Fsp3) is 0.462. The fourth-order valence-corrected chi connectivity index (χ4v) is 2.03. The molecule has 3 N–H and O–H groups in total. The highest BCUT2D eigenvalue weighted by Gasteiger charge is 2.30. The normalized spacial score (nSPS) is 11.7. The summed E-state index contributed by atoms with van der Waals surface area (Å²) >= 11 is 4.86. The van der Waals surface area contributed by atoms with Gasteiger partial charge in [0.25, 0.3) is 0 Å². The van der Waals surface area contributed by atoms with Crippen molar-refractivity contribution in [1.29, 1.82) is 0 Å². The molecule has 0 aliphatic heterocycles. The highest BCUT2D eigenvalue weighted by molar-refractivity contribution is 7.80. The van der Waals surface area contributed by atoms with Crippen molar-refractivity contribution in [3.05, 3.63) is 29.3 Å². The third-order valence-electron chi connectivity index (χ3n) is 2.78. The van der Waals surface area contributed by atoms with Gasteiger partial charge in [0.2, 0.25) is 0 Å². The summed E-state index contributed by atoms with van der Waals surface area (Å²) in [6, 6.07) is 4.85. The Hall–Kier alpha value is -1.38. The van der Waals surface area contributed by atoms with Gasteiger partial charge in [-0.2, -0.15) is 13.2 Å². The molecule has 118 valence electrons. The van der Waals surface area contributed by atoms with Gasteiger partial charge < -0.3 is 15.6 Å². The molecule has 0 fully saturated rings. The molecule has 0 bridgehead atoms. The van der Waals surface area contributed by atoms with E-state index in [1.165, 1.54) is 7.11 Å². The van der Waals surface area contributed by atoms with Crippen molar-refractivity contribution in [1.82, 2.24) is 4.90 Å². The van der Waals surface area contributed by atoms with E-state index in [1.807, 2.05) is 0 Å². The summed E-state index contributed by atoms with van der Waals surface area (Å²) < 4.78 is 42.7. The molecule has 0 spiro atoms. The van der Waals surface area contributed by atoms with Gasteiger partial charge in [0, 0.05) is 24.2 Å². The predicted octanol–water partition coefficient (Wildman–Crippen LogP) is 1.69. The molecule has 0 aliphatic rings. The Morgan fingerprint density at radius 1 is 1.43 bits per heavy atom. The Balaban J connectivity index is 3.00. The van der Waals surface area contributed by atoms with Crippen molar-refractivity contribution >= 4 is 17.2 Å². The van der Waals surface area contributed by atoms with Crippen molar-refractivity contribution < 1.29 is 23.0 Å². The van der Waals surface area contributed by atoms with Crippen LogP contribution in [0.2, 0.25) is 0 Å². The first-order valence-electron chi connectivity index (χ1n) is 6.13. The van der Waals surface area contributed by atoms with Crippen molar-refractivity contribution in [2.45, 2.75) is 12.7 Å². The molecule has 0 radical (unpaired) electrons. The van der Waals surface area contributed by atoms with Crippen molar-refractivity contribution in [2.24, 2.45) is 5.73 Å². The van der Waals surface area contributed by atoms with E-state index in [0.717, 1.165) is 4.90 Å². The maximum absolute atomic E-state index is 12.5. The van der Waals surface area contributed by atoms with Crippen LogP contribution < -0.4 is 10.5 Å². The maximum atomic E-state index is 12.5. The van der Waals surface area contributed by atoms with Crippen LogP contribution in [0.15, 0.2) is 18.2 Å². The van der Waals surface area contributed by atoms with Crippen molar-refractivity contribution in [2.75, 3.05) is 26.8 Å². The summed E-state index contributed by atoms with van der Waals surface area (Å²) in [6.07, 6.45) is -4.34. The molecule has 0 saturated carbocycles. The fourth-order valence-electron chi connectivity index (χ4n) is 1.91. The Morgan fingerprint density at radius 2 is 2.10 bits per heavy atom. The minimum absolute atomic E-state index is 0.0281. The zero-order chi connectivity index (χ0) is 16.0. The Labute approximate surface area is 126 Å². The monoisotopic (exact) mass is 322 g/mol. The van der Waals surface area contributed by atoms with Gasteiger partial charge in [0.05, 0.1) is 20.3 Å². The molecular weight excluding hydrogens is 305 g/mol. The summed E-state index contributed by atoms with van der Waals surface area (Å²) in [5.41, 5.74) is 6.60. The van der Waals surface area contributed by atoms with Crippen LogP contribution in [0.25, 0.3) is 0 Å². The van der Waals surface area contributed by atoms with Gasteiger partial charge in [-0.25, -0.2) is 0 Å². The lowest BCUT2D eigenvalue weighted by Gasteiger charge is -2.24. The first-order valence-corrected chi connectivity index (χ1v) is 6.54. The van der Waals surface area contributed by atoms with E-state index in [4.69, 9.17) is 27.8 Å². The second-order valence-electron chi connectivity index (χ2n) is 4.44. The molecule has 4 nitrogen and oxygen atoms in total. The molecule has 0 unspecified atom stereocenters. The number of thiocarbonyl (C=S) groups is 1. The largest absolute Gasteiger partial charge is 0.496 e. The topological polar surface area (TPSA) is 58.7 Å². The predicted molar refractivity (Wildman–Crippen MR) is 77.3 cm³/mol. The van der Waals surface area contributed by atoms with Gasteiger partial charge in [-0.05, 0) is 18.2 Å². The molecule has 1 aromatic rings. The number of alkyl halides is 3. The van der Waals surface area contributed by atoms with Crippen LogP contribution in [0.3, 0.4) is 0 Å². The lowest BCUT2D eigenvalue weighted by molar-refractivity contribution is -0.148. The van der Waals surface area contributed by atoms with Crippen LogP contribution in [0.5, 0.6) is 5.75 Å². The highest BCUT2D eigenvalue weighted by Crippen LogP contribution is 2.24. The standard InChI is InChI=1S/C13H17F3N2O2S/c1-20-11-3-2-9(12(17)21)6-10(11)7-18(4-5-19)8-13(14,15)16/h2-3,6,19H,4-5,7-8H2,1H3,(H2,17,21). The summed E-state index contributed by atoms with van der Waals surface area (Å²) in [6.45, 7) is -1.61. The van der Waals surface area contributed by atoms with E-state index in [-0.39, 0.29) is 24.7 Å². The molecule has 1 aromatic carbocycles. The molecule has 1 rings (SSSR count). The van der Waals surface area contributed by atoms with Gasteiger partial charge >= 0.3 is 6.18 Å².